The van der Waals surface area contributed by atoms with E-state index in [2.05, 4.69) is 0 Å². The van der Waals surface area contributed by atoms with Crippen LogP contribution in [0, 0.1) is 6.92 Å². The number of phenols is 1. The van der Waals surface area contributed by atoms with Gasteiger partial charge in [-0.05, 0) is 25.1 Å². The van der Waals surface area contributed by atoms with E-state index in [-0.39, 0.29) is 24.9 Å². The topological polar surface area (TPSA) is 59.2 Å². The lowest BCUT2D eigenvalue weighted by Gasteiger charge is -2.03. The zero-order chi connectivity index (χ0) is 16.0. The lowest BCUT2D eigenvalue weighted by atomic mass is 10.1. The molecule has 0 saturated heterocycles. The summed E-state index contributed by atoms with van der Waals surface area (Å²) in [6.07, 6.45) is 0. The molecular weight excluding hydrogens is 332 g/mol. The lowest BCUT2D eigenvalue weighted by Crippen LogP contribution is -3.00. The van der Waals surface area contributed by atoms with Gasteiger partial charge in [0, 0.05) is 12.1 Å². The largest absolute Gasteiger partial charge is 1.00 e. The molecule has 0 spiro atoms. The number of hydrogen-bond donors (Lipinski definition) is 1. The summed E-state index contributed by atoms with van der Waals surface area (Å²) in [5.74, 6) is 2.65. The van der Waals surface area contributed by atoms with E-state index >= 15 is 0 Å². The number of halogens is 1. The van der Waals surface area contributed by atoms with Crippen LogP contribution in [-0.2, 0) is 0 Å². The Bertz CT molecular complexity index is 923. The Balaban J connectivity index is 0.00000169. The molecule has 124 valence electrons. The molecule has 4 rings (SSSR count). The zero-order valence-electron chi connectivity index (χ0n) is 13.1. The highest BCUT2D eigenvalue weighted by Gasteiger charge is 2.23. The molecule has 1 N–H and O–H groups in total. The Labute approximate surface area is 144 Å². The molecule has 0 atom stereocenters. The molecule has 0 amide bonds. The molecule has 0 radical (unpaired) electrons. The average Bonchev–Trinajstić information content (AvgIpc) is 3.01. The highest BCUT2D eigenvalue weighted by Crippen LogP contribution is 2.39. The lowest BCUT2D eigenvalue weighted by molar-refractivity contribution is -0.00000778. The van der Waals surface area contributed by atoms with Crippen LogP contribution in [0.1, 0.15) is 5.56 Å². The number of aryl methyl sites for hydroxylation is 1. The number of benzene rings is 2. The number of fused-ring (bicyclic) bond motifs is 2. The second kappa shape index (κ2) is 6.09. The predicted octanol–water partition coefficient (Wildman–Crippen LogP) is 1.14. The summed E-state index contributed by atoms with van der Waals surface area (Å²) in [6.45, 7) is 2.20. The summed E-state index contributed by atoms with van der Waals surface area (Å²) in [5.41, 5.74) is 2.50. The minimum atomic E-state index is 0. The van der Waals surface area contributed by atoms with Gasteiger partial charge >= 0.3 is 11.3 Å². The first kappa shape index (κ1) is 16.2. The van der Waals surface area contributed by atoms with Crippen LogP contribution in [-0.4, -0.2) is 19.0 Å². The van der Waals surface area contributed by atoms with Crippen molar-refractivity contribution >= 4 is 11.0 Å². The number of phenolic OH excluding ortho intramolecular Hbond substituents is 1. The van der Waals surface area contributed by atoms with E-state index in [1.165, 1.54) is 7.11 Å². The number of aromatic hydroxyl groups is 1. The molecule has 1 aliphatic heterocycles. The monoisotopic (exact) mass is 346 g/mol. The molecule has 2 aromatic carbocycles. The van der Waals surface area contributed by atoms with Crippen molar-refractivity contribution in [3.05, 3.63) is 42.0 Å². The maximum Gasteiger partial charge on any atom is 0.364 e. The molecule has 24 heavy (non-hydrogen) atoms. The van der Waals surface area contributed by atoms with Crippen LogP contribution >= 0.6 is 0 Å². The normalized spacial score (nSPS) is 12.1. The third-order valence-corrected chi connectivity index (χ3v) is 3.89. The molecular formula is C18H15ClO5. The molecule has 0 unspecified atom stereocenters. The fourth-order valence-electron chi connectivity index (χ4n) is 2.74. The highest BCUT2D eigenvalue weighted by atomic mass is 35.5. The molecule has 2 heterocycles. The fraction of sp³-hybridized carbons (Fsp3) is 0.167. The van der Waals surface area contributed by atoms with Gasteiger partial charge in [0.1, 0.15) is 0 Å². The van der Waals surface area contributed by atoms with E-state index in [0.29, 0.717) is 17.1 Å². The van der Waals surface area contributed by atoms with Gasteiger partial charge in [-0.2, -0.15) is 0 Å². The van der Waals surface area contributed by atoms with Crippen molar-refractivity contribution < 1.29 is 36.1 Å². The summed E-state index contributed by atoms with van der Waals surface area (Å²) >= 11 is 0. The third kappa shape index (κ3) is 2.57. The molecule has 5 nitrogen and oxygen atoms in total. The van der Waals surface area contributed by atoms with Gasteiger partial charge in [0.15, 0.2) is 23.0 Å². The first-order chi connectivity index (χ1) is 11.2. The average molecular weight is 347 g/mol. The van der Waals surface area contributed by atoms with Gasteiger partial charge in [-0.15, -0.1) is 0 Å². The third-order valence-electron chi connectivity index (χ3n) is 3.89. The van der Waals surface area contributed by atoms with Crippen LogP contribution in [0.2, 0.25) is 0 Å². The van der Waals surface area contributed by atoms with E-state index in [9.17, 15) is 5.11 Å². The SMILES string of the molecule is COc1cc2[o+]c(-c3ccc4c(c3)OCO4)c(C)cc2cc1O.[Cl-]. The van der Waals surface area contributed by atoms with Gasteiger partial charge in [-0.3, -0.25) is 0 Å². The fourth-order valence-corrected chi connectivity index (χ4v) is 2.74. The molecule has 1 aliphatic rings. The van der Waals surface area contributed by atoms with E-state index in [1.54, 1.807) is 12.1 Å². The van der Waals surface area contributed by atoms with Crippen molar-refractivity contribution in [3.63, 3.8) is 0 Å². The minimum absolute atomic E-state index is 0. The van der Waals surface area contributed by atoms with E-state index < -0.39 is 0 Å². The summed E-state index contributed by atoms with van der Waals surface area (Å²) in [7, 11) is 1.51. The zero-order valence-corrected chi connectivity index (χ0v) is 13.9. The van der Waals surface area contributed by atoms with Gasteiger partial charge in [0.2, 0.25) is 6.79 Å². The first-order valence-electron chi connectivity index (χ1n) is 7.20. The molecule has 1 aromatic heterocycles. The maximum atomic E-state index is 9.89. The molecule has 0 aliphatic carbocycles. The Kier molecular flexibility index (Phi) is 4.11. The Hall–Kier alpha value is -2.66. The minimum Gasteiger partial charge on any atom is -1.00 e. The van der Waals surface area contributed by atoms with Crippen LogP contribution in [0.25, 0.3) is 22.3 Å². The van der Waals surface area contributed by atoms with Crippen LogP contribution in [0.4, 0.5) is 0 Å². The van der Waals surface area contributed by atoms with E-state index in [4.69, 9.17) is 18.6 Å². The second-order valence-corrected chi connectivity index (χ2v) is 5.39. The van der Waals surface area contributed by atoms with Gasteiger partial charge in [-0.1, -0.05) is 0 Å². The van der Waals surface area contributed by atoms with Crippen LogP contribution in [0.5, 0.6) is 23.0 Å². The Morgan fingerprint density at radius 1 is 1.08 bits per heavy atom. The highest BCUT2D eigenvalue weighted by molar-refractivity contribution is 5.84. The van der Waals surface area contributed by atoms with Crippen molar-refractivity contribution in [2.24, 2.45) is 0 Å². The second-order valence-electron chi connectivity index (χ2n) is 5.39. The summed E-state index contributed by atoms with van der Waals surface area (Å²) in [4.78, 5) is 0. The van der Waals surface area contributed by atoms with E-state index in [0.717, 1.165) is 28.0 Å². The van der Waals surface area contributed by atoms with Crippen molar-refractivity contribution in [3.8, 4) is 34.3 Å². The molecule has 3 aromatic rings. The molecule has 6 heteroatoms. The van der Waals surface area contributed by atoms with Crippen molar-refractivity contribution in [1.82, 2.24) is 0 Å². The van der Waals surface area contributed by atoms with Gasteiger partial charge < -0.3 is 31.7 Å². The van der Waals surface area contributed by atoms with Crippen molar-refractivity contribution in [2.75, 3.05) is 13.9 Å². The molecule has 0 saturated carbocycles. The predicted molar refractivity (Wildman–Crippen MR) is 85.1 cm³/mol. The number of hydrogen-bond acceptors (Lipinski definition) is 4. The van der Waals surface area contributed by atoms with E-state index in [1.807, 2.05) is 31.2 Å². The van der Waals surface area contributed by atoms with Gasteiger partial charge in [0.25, 0.3) is 0 Å². The molecule has 0 fully saturated rings. The summed E-state index contributed by atoms with van der Waals surface area (Å²) in [5, 5.41) is 10.7. The number of methoxy groups -OCH3 is 1. The van der Waals surface area contributed by atoms with Gasteiger partial charge in [0.05, 0.1) is 29.7 Å². The number of ether oxygens (including phenoxy) is 3. The first-order valence-corrected chi connectivity index (χ1v) is 7.20. The summed E-state index contributed by atoms with van der Waals surface area (Å²) < 4.78 is 22.0. The standard InChI is InChI=1S/C18H14O5.ClH/c1-10-5-12-6-13(19)16(20-2)8-15(12)23-18(10)11-3-4-14-17(7-11)22-9-21-14;/h3-8H,9H2,1-2H3;1H. The Morgan fingerprint density at radius 3 is 2.67 bits per heavy atom. The summed E-state index contributed by atoms with van der Waals surface area (Å²) in [6, 6.07) is 11.0. The van der Waals surface area contributed by atoms with Gasteiger partial charge in [-0.25, -0.2) is 4.42 Å². The molecule has 0 bridgehead atoms. The van der Waals surface area contributed by atoms with Crippen molar-refractivity contribution in [1.29, 1.82) is 0 Å². The van der Waals surface area contributed by atoms with Crippen LogP contribution in [0.3, 0.4) is 0 Å². The smallest absolute Gasteiger partial charge is 0.364 e. The number of rotatable bonds is 2. The quantitative estimate of drug-likeness (QED) is 0.705. The Morgan fingerprint density at radius 2 is 1.88 bits per heavy atom. The van der Waals surface area contributed by atoms with Crippen LogP contribution in [0.15, 0.2) is 40.8 Å². The van der Waals surface area contributed by atoms with Crippen LogP contribution < -0.4 is 26.6 Å². The maximum absolute atomic E-state index is 9.89. The van der Waals surface area contributed by atoms with Crippen molar-refractivity contribution in [2.45, 2.75) is 6.92 Å².